The molecule has 0 radical (unpaired) electrons. The quantitative estimate of drug-likeness (QED) is 0.776. The number of aryl methyl sites for hydroxylation is 1. The standard InChI is InChI=1S/C14H23N3OS/c1-5-6-11-13(9-18)19-14(15-11)17-7-10(2)12(8-17)16(3)4/h9-10,12H,5-8H2,1-4H3. The van der Waals surface area contributed by atoms with Crippen molar-refractivity contribution in [2.24, 2.45) is 5.92 Å². The predicted molar refractivity (Wildman–Crippen MR) is 80.3 cm³/mol. The van der Waals surface area contributed by atoms with E-state index < -0.39 is 0 Å². The molecule has 1 aliphatic rings. The minimum atomic E-state index is 0.568. The van der Waals surface area contributed by atoms with Gasteiger partial charge in [0.15, 0.2) is 11.4 Å². The molecule has 2 atom stereocenters. The van der Waals surface area contributed by atoms with Crippen LogP contribution >= 0.6 is 11.3 Å². The highest BCUT2D eigenvalue weighted by molar-refractivity contribution is 7.17. The van der Waals surface area contributed by atoms with Crippen LogP contribution in [0.5, 0.6) is 0 Å². The summed E-state index contributed by atoms with van der Waals surface area (Å²) in [6, 6.07) is 0.568. The van der Waals surface area contributed by atoms with E-state index in [2.05, 4.69) is 42.7 Å². The monoisotopic (exact) mass is 281 g/mol. The van der Waals surface area contributed by atoms with Crippen LogP contribution in [0.3, 0.4) is 0 Å². The fraction of sp³-hybridized carbons (Fsp3) is 0.714. The normalized spacial score (nSPS) is 23.3. The van der Waals surface area contributed by atoms with Gasteiger partial charge >= 0.3 is 0 Å². The van der Waals surface area contributed by atoms with Crippen molar-refractivity contribution in [3.8, 4) is 0 Å². The lowest BCUT2D eigenvalue weighted by Crippen LogP contribution is -2.34. The smallest absolute Gasteiger partial charge is 0.186 e. The summed E-state index contributed by atoms with van der Waals surface area (Å²) in [5.74, 6) is 0.633. The number of anilines is 1. The number of nitrogens with zero attached hydrogens (tertiary/aromatic N) is 3. The van der Waals surface area contributed by atoms with E-state index in [4.69, 9.17) is 0 Å². The maximum Gasteiger partial charge on any atom is 0.186 e. The van der Waals surface area contributed by atoms with Crippen LogP contribution in [-0.4, -0.2) is 49.4 Å². The van der Waals surface area contributed by atoms with Crippen LogP contribution in [0.15, 0.2) is 0 Å². The van der Waals surface area contributed by atoms with Crippen LogP contribution in [0.1, 0.15) is 35.6 Å². The predicted octanol–water partition coefficient (Wildman–Crippen LogP) is 2.29. The molecule has 1 aliphatic heterocycles. The summed E-state index contributed by atoms with van der Waals surface area (Å²) in [7, 11) is 4.26. The molecule has 0 amide bonds. The molecule has 2 rings (SSSR count). The lowest BCUT2D eigenvalue weighted by atomic mass is 10.1. The Morgan fingerprint density at radius 3 is 2.74 bits per heavy atom. The zero-order valence-electron chi connectivity index (χ0n) is 12.2. The molecular formula is C14H23N3OS. The Bertz CT molecular complexity index is 444. The summed E-state index contributed by atoms with van der Waals surface area (Å²) in [5, 5.41) is 1.02. The van der Waals surface area contributed by atoms with Crippen LogP contribution in [-0.2, 0) is 6.42 Å². The van der Waals surface area contributed by atoms with E-state index in [1.54, 1.807) is 11.3 Å². The number of carbonyl (C=O) groups excluding carboxylic acids is 1. The molecule has 0 N–H and O–H groups in total. The highest BCUT2D eigenvalue weighted by Crippen LogP contribution is 2.31. The summed E-state index contributed by atoms with van der Waals surface area (Å²) in [4.78, 5) is 21.2. The average molecular weight is 281 g/mol. The van der Waals surface area contributed by atoms with Crippen molar-refractivity contribution in [3.05, 3.63) is 10.6 Å². The first kappa shape index (κ1) is 14.5. The summed E-state index contributed by atoms with van der Waals surface area (Å²) in [5.41, 5.74) is 0.971. The Labute approximate surface area is 119 Å². The molecule has 106 valence electrons. The number of aromatic nitrogens is 1. The maximum absolute atomic E-state index is 11.1. The first-order valence-electron chi connectivity index (χ1n) is 6.93. The van der Waals surface area contributed by atoms with Crippen molar-refractivity contribution in [1.29, 1.82) is 0 Å². The molecule has 1 fully saturated rings. The molecule has 0 aliphatic carbocycles. The third-order valence-electron chi connectivity index (χ3n) is 3.82. The van der Waals surface area contributed by atoms with Crippen LogP contribution in [0.2, 0.25) is 0 Å². The number of carbonyl (C=O) groups is 1. The second-order valence-corrected chi connectivity index (χ2v) is 6.60. The lowest BCUT2D eigenvalue weighted by Gasteiger charge is -2.22. The number of likely N-dealkylation sites (N-methyl/N-ethyl adjacent to an activating group) is 1. The summed E-state index contributed by atoms with van der Waals surface area (Å²) in [6.45, 7) is 6.44. The molecule has 0 bridgehead atoms. The molecule has 5 heteroatoms. The number of rotatable bonds is 5. The summed E-state index contributed by atoms with van der Waals surface area (Å²) in [6.07, 6.45) is 2.88. The van der Waals surface area contributed by atoms with Crippen molar-refractivity contribution in [1.82, 2.24) is 9.88 Å². The highest BCUT2D eigenvalue weighted by Gasteiger charge is 2.32. The number of thiazole rings is 1. The molecule has 2 unspecified atom stereocenters. The molecule has 0 spiro atoms. The van der Waals surface area contributed by atoms with Crippen LogP contribution < -0.4 is 4.90 Å². The molecule has 19 heavy (non-hydrogen) atoms. The topological polar surface area (TPSA) is 36.4 Å². The van der Waals surface area contributed by atoms with Gasteiger partial charge in [-0.25, -0.2) is 4.98 Å². The molecule has 4 nitrogen and oxygen atoms in total. The second-order valence-electron chi connectivity index (χ2n) is 5.59. The van der Waals surface area contributed by atoms with E-state index in [1.165, 1.54) is 0 Å². The van der Waals surface area contributed by atoms with Gasteiger partial charge in [-0.15, -0.1) is 0 Å². The molecule has 2 heterocycles. The molecule has 0 saturated carbocycles. The fourth-order valence-corrected chi connectivity index (χ4v) is 3.72. The largest absolute Gasteiger partial charge is 0.346 e. The van der Waals surface area contributed by atoms with Crippen LogP contribution in [0.4, 0.5) is 5.13 Å². The van der Waals surface area contributed by atoms with Crippen molar-refractivity contribution in [3.63, 3.8) is 0 Å². The first-order valence-corrected chi connectivity index (χ1v) is 7.74. The van der Waals surface area contributed by atoms with E-state index in [1.807, 2.05) is 0 Å². The van der Waals surface area contributed by atoms with Gasteiger partial charge in [-0.05, 0) is 26.4 Å². The Morgan fingerprint density at radius 2 is 2.21 bits per heavy atom. The van der Waals surface area contributed by atoms with Gasteiger partial charge in [0.05, 0.1) is 10.6 Å². The lowest BCUT2D eigenvalue weighted by molar-refractivity contribution is 0.112. The second kappa shape index (κ2) is 6.01. The number of hydrogen-bond donors (Lipinski definition) is 0. The van der Waals surface area contributed by atoms with E-state index in [-0.39, 0.29) is 0 Å². The number of hydrogen-bond acceptors (Lipinski definition) is 5. The molecule has 1 aromatic rings. The van der Waals surface area contributed by atoms with Gasteiger partial charge in [0.1, 0.15) is 0 Å². The van der Waals surface area contributed by atoms with Gasteiger partial charge in [0.25, 0.3) is 0 Å². The summed E-state index contributed by atoms with van der Waals surface area (Å²) >= 11 is 1.54. The van der Waals surface area contributed by atoms with Gasteiger partial charge < -0.3 is 9.80 Å². The van der Waals surface area contributed by atoms with Crippen molar-refractivity contribution in [2.75, 3.05) is 32.1 Å². The van der Waals surface area contributed by atoms with Crippen molar-refractivity contribution < 1.29 is 4.79 Å². The fourth-order valence-electron chi connectivity index (χ4n) is 2.77. The molecule has 0 aromatic carbocycles. The van der Waals surface area contributed by atoms with Crippen molar-refractivity contribution in [2.45, 2.75) is 32.7 Å². The average Bonchev–Trinajstić information content (AvgIpc) is 2.93. The number of aldehydes is 1. The third-order valence-corrected chi connectivity index (χ3v) is 4.90. The Kier molecular flexibility index (Phi) is 4.58. The van der Waals surface area contributed by atoms with Gasteiger partial charge in [-0.3, -0.25) is 4.79 Å². The Hall–Kier alpha value is -0.940. The van der Waals surface area contributed by atoms with Crippen LogP contribution in [0, 0.1) is 5.92 Å². The minimum absolute atomic E-state index is 0.568. The van der Waals surface area contributed by atoms with E-state index in [0.717, 1.165) is 47.9 Å². The van der Waals surface area contributed by atoms with Gasteiger partial charge in [0, 0.05) is 19.1 Å². The summed E-state index contributed by atoms with van der Waals surface area (Å²) < 4.78 is 0. The van der Waals surface area contributed by atoms with Gasteiger partial charge in [-0.2, -0.15) is 0 Å². The molecule has 1 aromatic heterocycles. The maximum atomic E-state index is 11.1. The SMILES string of the molecule is CCCc1nc(N2CC(C)C(N(C)C)C2)sc1C=O. The molecule has 1 saturated heterocycles. The van der Waals surface area contributed by atoms with Crippen LogP contribution in [0.25, 0.3) is 0 Å². The van der Waals surface area contributed by atoms with Gasteiger partial charge in [-0.1, -0.05) is 31.6 Å². The zero-order chi connectivity index (χ0) is 14.0. The zero-order valence-corrected chi connectivity index (χ0v) is 13.0. The van der Waals surface area contributed by atoms with Gasteiger partial charge in [0.2, 0.25) is 0 Å². The van der Waals surface area contributed by atoms with E-state index in [0.29, 0.717) is 12.0 Å². The van der Waals surface area contributed by atoms with E-state index >= 15 is 0 Å². The van der Waals surface area contributed by atoms with Crippen molar-refractivity contribution >= 4 is 22.8 Å². The first-order chi connectivity index (χ1) is 9.06. The minimum Gasteiger partial charge on any atom is -0.346 e. The van der Waals surface area contributed by atoms with E-state index in [9.17, 15) is 4.79 Å². The highest BCUT2D eigenvalue weighted by atomic mass is 32.1. The molecular weight excluding hydrogens is 258 g/mol. The third kappa shape index (κ3) is 2.98. The Balaban J connectivity index is 2.17. The Morgan fingerprint density at radius 1 is 1.47 bits per heavy atom.